The quantitative estimate of drug-likeness (QED) is 0.748. The van der Waals surface area contributed by atoms with Gasteiger partial charge >= 0.3 is 5.97 Å². The number of nitrogens with one attached hydrogen (secondary N) is 1. The molecule has 6 nitrogen and oxygen atoms in total. The summed E-state index contributed by atoms with van der Waals surface area (Å²) in [4.78, 5) is 23.4. The van der Waals surface area contributed by atoms with Crippen LogP contribution in [-0.4, -0.2) is 45.7 Å². The van der Waals surface area contributed by atoms with Crippen molar-refractivity contribution in [3.8, 4) is 0 Å². The molecule has 0 spiro atoms. The van der Waals surface area contributed by atoms with E-state index < -0.39 is 5.97 Å². The number of aliphatic carboxylic acids is 1. The van der Waals surface area contributed by atoms with Crippen LogP contribution in [0.25, 0.3) is 0 Å². The van der Waals surface area contributed by atoms with Crippen LogP contribution in [0.1, 0.15) is 22.5 Å². The number of amides is 1. The monoisotopic (exact) mass is 211 g/mol. The molecule has 15 heavy (non-hydrogen) atoms. The summed E-state index contributed by atoms with van der Waals surface area (Å²) >= 11 is 0. The average Bonchev–Trinajstić information content (AvgIpc) is 2.59. The van der Waals surface area contributed by atoms with Crippen LogP contribution in [0.2, 0.25) is 0 Å². The Morgan fingerprint density at radius 3 is 2.73 bits per heavy atom. The highest BCUT2D eigenvalue weighted by molar-refractivity contribution is 5.93. The van der Waals surface area contributed by atoms with Gasteiger partial charge in [-0.2, -0.15) is 5.10 Å². The van der Waals surface area contributed by atoms with Crippen molar-refractivity contribution in [2.24, 2.45) is 0 Å². The van der Waals surface area contributed by atoms with Crippen molar-refractivity contribution in [3.63, 3.8) is 0 Å². The molecule has 1 amide bonds. The molecule has 0 bridgehead atoms. The highest BCUT2D eigenvalue weighted by Gasteiger charge is 2.16. The molecular formula is C9H13N3O3. The zero-order valence-electron chi connectivity index (χ0n) is 8.65. The summed E-state index contributed by atoms with van der Waals surface area (Å²) in [6.07, 6.45) is 1.49. The minimum absolute atomic E-state index is 0.0601. The number of hydrogen-bond acceptors (Lipinski definition) is 3. The molecular weight excluding hydrogens is 198 g/mol. The molecule has 82 valence electrons. The van der Waals surface area contributed by atoms with E-state index in [4.69, 9.17) is 5.11 Å². The van der Waals surface area contributed by atoms with E-state index in [0.29, 0.717) is 5.69 Å². The van der Waals surface area contributed by atoms with Crippen LogP contribution >= 0.6 is 0 Å². The molecule has 0 fully saturated rings. The fourth-order valence-electron chi connectivity index (χ4n) is 1.12. The summed E-state index contributed by atoms with van der Waals surface area (Å²) in [7, 11) is 1.56. The minimum atomic E-state index is -0.920. The van der Waals surface area contributed by atoms with E-state index in [1.54, 1.807) is 20.2 Å². The molecule has 0 unspecified atom stereocenters. The van der Waals surface area contributed by atoms with Gasteiger partial charge < -0.3 is 10.0 Å². The minimum Gasteiger partial charge on any atom is -0.481 e. The van der Waals surface area contributed by atoms with Crippen molar-refractivity contribution in [2.45, 2.75) is 13.3 Å². The number of carboxylic acids is 1. The molecule has 0 atom stereocenters. The average molecular weight is 211 g/mol. The zero-order chi connectivity index (χ0) is 11.4. The number of aryl methyl sites for hydroxylation is 1. The first-order valence-electron chi connectivity index (χ1n) is 4.49. The second-order valence-electron chi connectivity index (χ2n) is 3.30. The number of aromatic amines is 1. The molecule has 0 saturated heterocycles. The van der Waals surface area contributed by atoms with Gasteiger partial charge in [0.1, 0.15) is 5.69 Å². The Morgan fingerprint density at radius 2 is 2.27 bits per heavy atom. The maximum atomic E-state index is 11.7. The summed E-state index contributed by atoms with van der Waals surface area (Å²) < 4.78 is 0. The van der Waals surface area contributed by atoms with Gasteiger partial charge in [0.2, 0.25) is 0 Å². The topological polar surface area (TPSA) is 86.3 Å². The van der Waals surface area contributed by atoms with E-state index in [-0.39, 0.29) is 18.9 Å². The molecule has 1 heterocycles. The molecule has 0 saturated carbocycles. The largest absolute Gasteiger partial charge is 0.481 e. The van der Waals surface area contributed by atoms with Crippen molar-refractivity contribution < 1.29 is 14.7 Å². The second kappa shape index (κ2) is 4.59. The third-order valence-corrected chi connectivity index (χ3v) is 2.05. The normalized spacial score (nSPS) is 10.0. The third kappa shape index (κ3) is 2.80. The molecule has 1 aromatic heterocycles. The van der Waals surface area contributed by atoms with Gasteiger partial charge in [0.25, 0.3) is 5.91 Å². The predicted molar refractivity (Wildman–Crippen MR) is 52.5 cm³/mol. The standard InChI is InChI=1S/C9H13N3O3/c1-6-5-10-11-8(6)9(15)12(2)4-3-7(13)14/h5H,3-4H2,1-2H3,(H,10,11)(H,13,14). The van der Waals surface area contributed by atoms with Gasteiger partial charge in [0.15, 0.2) is 0 Å². The molecule has 1 aromatic rings. The van der Waals surface area contributed by atoms with Crippen molar-refractivity contribution >= 4 is 11.9 Å². The van der Waals surface area contributed by atoms with E-state index in [1.165, 1.54) is 4.90 Å². The van der Waals surface area contributed by atoms with Crippen LogP contribution in [0.5, 0.6) is 0 Å². The number of nitrogens with zero attached hydrogens (tertiary/aromatic N) is 2. The highest BCUT2D eigenvalue weighted by atomic mass is 16.4. The SMILES string of the molecule is Cc1cn[nH]c1C(=O)N(C)CCC(=O)O. The van der Waals surface area contributed by atoms with Crippen LogP contribution in [0.4, 0.5) is 0 Å². The molecule has 0 aliphatic heterocycles. The Kier molecular flexibility index (Phi) is 3.43. The van der Waals surface area contributed by atoms with Gasteiger partial charge in [-0.1, -0.05) is 0 Å². The van der Waals surface area contributed by atoms with Gasteiger partial charge in [-0.3, -0.25) is 14.7 Å². The van der Waals surface area contributed by atoms with E-state index in [1.807, 2.05) is 0 Å². The second-order valence-corrected chi connectivity index (χ2v) is 3.30. The highest BCUT2D eigenvalue weighted by Crippen LogP contribution is 2.05. The number of rotatable bonds is 4. The molecule has 0 radical (unpaired) electrons. The lowest BCUT2D eigenvalue weighted by atomic mass is 10.2. The molecule has 1 rings (SSSR count). The number of hydrogen-bond donors (Lipinski definition) is 2. The van der Waals surface area contributed by atoms with Gasteiger partial charge in [-0.05, 0) is 12.5 Å². The lowest BCUT2D eigenvalue weighted by Gasteiger charge is -2.15. The summed E-state index contributed by atoms with van der Waals surface area (Å²) in [5.41, 5.74) is 1.16. The Labute approximate surface area is 86.9 Å². The first-order chi connectivity index (χ1) is 7.02. The zero-order valence-corrected chi connectivity index (χ0v) is 8.65. The summed E-state index contributed by atoms with van der Waals surface area (Å²) in [6.45, 7) is 1.95. The smallest absolute Gasteiger partial charge is 0.305 e. The molecule has 0 aliphatic rings. The van der Waals surface area contributed by atoms with Gasteiger partial charge in [-0.15, -0.1) is 0 Å². The Hall–Kier alpha value is -1.85. The number of carboxylic acid groups (broad SMARTS) is 1. The Bertz CT molecular complexity index is 372. The van der Waals surface area contributed by atoms with Gasteiger partial charge in [0, 0.05) is 13.6 Å². The van der Waals surface area contributed by atoms with Crippen LogP contribution in [0.3, 0.4) is 0 Å². The van der Waals surface area contributed by atoms with Crippen molar-refractivity contribution in [3.05, 3.63) is 17.5 Å². The van der Waals surface area contributed by atoms with Crippen LogP contribution in [-0.2, 0) is 4.79 Å². The predicted octanol–water partition coefficient (Wildman–Crippen LogP) is 0.265. The van der Waals surface area contributed by atoms with Crippen LogP contribution in [0.15, 0.2) is 6.20 Å². The molecule has 6 heteroatoms. The molecule has 0 aromatic carbocycles. The first kappa shape index (κ1) is 11.2. The van der Waals surface area contributed by atoms with E-state index in [0.717, 1.165) is 5.56 Å². The van der Waals surface area contributed by atoms with Crippen LogP contribution in [0, 0.1) is 6.92 Å². The van der Waals surface area contributed by atoms with Crippen molar-refractivity contribution in [2.75, 3.05) is 13.6 Å². The van der Waals surface area contributed by atoms with Crippen LogP contribution < -0.4 is 0 Å². The Balaban J connectivity index is 2.61. The van der Waals surface area contributed by atoms with E-state index in [9.17, 15) is 9.59 Å². The third-order valence-electron chi connectivity index (χ3n) is 2.05. The van der Waals surface area contributed by atoms with E-state index >= 15 is 0 Å². The summed E-state index contributed by atoms with van der Waals surface area (Å²) in [5.74, 6) is -1.16. The fraction of sp³-hybridized carbons (Fsp3) is 0.444. The maximum Gasteiger partial charge on any atom is 0.305 e. The number of aromatic nitrogens is 2. The van der Waals surface area contributed by atoms with Gasteiger partial charge in [0.05, 0.1) is 12.6 Å². The number of carbonyl (C=O) groups excluding carboxylic acids is 1. The van der Waals surface area contributed by atoms with Gasteiger partial charge in [-0.25, -0.2) is 0 Å². The first-order valence-corrected chi connectivity index (χ1v) is 4.49. The number of carbonyl (C=O) groups is 2. The van der Waals surface area contributed by atoms with Crippen molar-refractivity contribution in [1.29, 1.82) is 0 Å². The fourth-order valence-corrected chi connectivity index (χ4v) is 1.12. The van der Waals surface area contributed by atoms with Crippen molar-refractivity contribution in [1.82, 2.24) is 15.1 Å². The number of H-pyrrole nitrogens is 1. The Morgan fingerprint density at radius 1 is 1.60 bits per heavy atom. The van der Waals surface area contributed by atoms with E-state index in [2.05, 4.69) is 10.2 Å². The summed E-state index contributed by atoms with van der Waals surface area (Å²) in [5, 5.41) is 14.8. The lowest BCUT2D eigenvalue weighted by Crippen LogP contribution is -2.29. The molecule has 2 N–H and O–H groups in total. The summed E-state index contributed by atoms with van der Waals surface area (Å²) in [6, 6.07) is 0. The maximum absolute atomic E-state index is 11.7. The molecule has 0 aliphatic carbocycles. The lowest BCUT2D eigenvalue weighted by molar-refractivity contribution is -0.137.